The lowest BCUT2D eigenvalue weighted by molar-refractivity contribution is -0.145. The van der Waals surface area contributed by atoms with Gasteiger partial charge in [-0.05, 0) is 132 Å². The van der Waals surface area contributed by atoms with Gasteiger partial charge in [0.1, 0.15) is 11.4 Å². The van der Waals surface area contributed by atoms with Crippen LogP contribution in [0.1, 0.15) is 83.3 Å². The SMILES string of the molecule is COc1ccc2c(c1)C13CCN(CC4CC4)C(C2)C12CCC1C3[C@H](CN1C(=O)C1CCN(C(=O)OC(C)(C)C)CC1)C2. The Morgan fingerprint density at radius 2 is 1.81 bits per heavy atom. The molecule has 228 valence electrons. The van der Waals surface area contributed by atoms with Crippen molar-refractivity contribution in [3.05, 3.63) is 29.3 Å². The van der Waals surface area contributed by atoms with E-state index in [9.17, 15) is 9.59 Å². The van der Waals surface area contributed by atoms with E-state index >= 15 is 0 Å². The molecule has 4 bridgehead atoms. The van der Waals surface area contributed by atoms with Crippen molar-refractivity contribution >= 4 is 12.0 Å². The average molecular weight is 576 g/mol. The Balaban J connectivity index is 1.07. The zero-order valence-electron chi connectivity index (χ0n) is 26.1. The van der Waals surface area contributed by atoms with Gasteiger partial charge in [0.05, 0.1) is 7.11 Å². The Morgan fingerprint density at radius 3 is 2.52 bits per heavy atom. The predicted molar refractivity (Wildman–Crippen MR) is 160 cm³/mol. The lowest BCUT2D eigenvalue weighted by Crippen LogP contribution is -2.70. The summed E-state index contributed by atoms with van der Waals surface area (Å²) in [6.07, 6.45) is 10.1. The zero-order valence-corrected chi connectivity index (χ0v) is 26.1. The number of nitrogens with zero attached hydrogens (tertiary/aromatic N) is 3. The van der Waals surface area contributed by atoms with Gasteiger partial charge < -0.3 is 19.3 Å². The number of likely N-dealkylation sites (tertiary alicyclic amines) is 3. The van der Waals surface area contributed by atoms with E-state index in [0.717, 1.165) is 37.5 Å². The van der Waals surface area contributed by atoms with Gasteiger partial charge in [-0.1, -0.05) is 6.07 Å². The van der Waals surface area contributed by atoms with E-state index in [1.165, 1.54) is 57.2 Å². The summed E-state index contributed by atoms with van der Waals surface area (Å²) in [5, 5.41) is 0. The standard InChI is InChI=1S/C35H49N3O4/c1-33(2,3)42-32(40)36-14-10-23(11-15-36)31(39)38-21-25-19-34-12-9-28(38)30(25)35(34)13-16-37(20-22-5-6-22)29(34)17-24-7-8-26(41-4)18-27(24)35/h7-8,18,22-23,25,28-30H,5-6,9-17,19-21H2,1-4H3/t25-,28?,29?,30?,34?,35?/m0/s1. The number of methoxy groups -OCH3 is 1. The molecular weight excluding hydrogens is 526 g/mol. The van der Waals surface area contributed by atoms with Gasteiger partial charge in [-0.15, -0.1) is 0 Å². The Hall–Kier alpha value is -2.28. The van der Waals surface area contributed by atoms with E-state index < -0.39 is 5.60 Å². The number of piperidine rings is 2. The second-order valence-corrected chi connectivity index (χ2v) is 15.9. The van der Waals surface area contributed by atoms with E-state index in [4.69, 9.17) is 9.47 Å². The first-order chi connectivity index (χ1) is 20.1. The summed E-state index contributed by atoms with van der Waals surface area (Å²) in [7, 11) is 1.80. The van der Waals surface area contributed by atoms with Crippen LogP contribution in [0.2, 0.25) is 0 Å². The summed E-state index contributed by atoms with van der Waals surface area (Å²) in [5.74, 6) is 3.40. The minimum atomic E-state index is -0.498. The van der Waals surface area contributed by atoms with Crippen molar-refractivity contribution in [1.29, 1.82) is 0 Å². The molecule has 4 aliphatic carbocycles. The van der Waals surface area contributed by atoms with Gasteiger partial charge in [-0.3, -0.25) is 9.69 Å². The molecule has 7 nitrogen and oxygen atoms in total. The molecule has 6 atom stereocenters. The minimum absolute atomic E-state index is 0.0126. The van der Waals surface area contributed by atoms with Crippen molar-refractivity contribution in [3.8, 4) is 5.75 Å². The van der Waals surface area contributed by atoms with Crippen LogP contribution < -0.4 is 4.74 Å². The molecule has 1 aromatic carbocycles. The molecule has 3 heterocycles. The third kappa shape index (κ3) is 3.86. The highest BCUT2D eigenvalue weighted by molar-refractivity contribution is 5.80. The third-order valence-electron chi connectivity index (χ3n) is 12.8. The number of hydrogen-bond acceptors (Lipinski definition) is 5. The largest absolute Gasteiger partial charge is 0.497 e. The molecule has 2 amide bonds. The van der Waals surface area contributed by atoms with Gasteiger partial charge in [0.15, 0.2) is 0 Å². The Kier molecular flexibility index (Phi) is 6.08. The first kappa shape index (κ1) is 27.3. The van der Waals surface area contributed by atoms with Crippen LogP contribution >= 0.6 is 0 Å². The minimum Gasteiger partial charge on any atom is -0.497 e. The Morgan fingerprint density at radius 1 is 1.02 bits per heavy atom. The van der Waals surface area contributed by atoms with Crippen LogP contribution in [0.3, 0.4) is 0 Å². The maximum absolute atomic E-state index is 14.2. The fourth-order valence-corrected chi connectivity index (χ4v) is 11.2. The molecule has 0 spiro atoms. The number of hydrogen-bond donors (Lipinski definition) is 0. The van der Waals surface area contributed by atoms with Crippen molar-refractivity contribution in [1.82, 2.24) is 14.7 Å². The zero-order chi connectivity index (χ0) is 29.0. The number of carbonyl (C=O) groups is 2. The molecule has 3 saturated carbocycles. The van der Waals surface area contributed by atoms with Gasteiger partial charge in [-0.25, -0.2) is 4.79 Å². The van der Waals surface area contributed by atoms with Gasteiger partial charge in [0.2, 0.25) is 5.91 Å². The number of rotatable bonds is 4. The normalized spacial score (nSPS) is 37.3. The maximum Gasteiger partial charge on any atom is 0.410 e. The van der Waals surface area contributed by atoms with E-state index in [1.54, 1.807) is 17.6 Å². The molecule has 7 aliphatic rings. The van der Waals surface area contributed by atoms with E-state index in [0.29, 0.717) is 48.3 Å². The first-order valence-corrected chi connectivity index (χ1v) is 16.8. The van der Waals surface area contributed by atoms with Crippen LogP contribution in [0.15, 0.2) is 18.2 Å². The van der Waals surface area contributed by atoms with Crippen molar-refractivity contribution in [3.63, 3.8) is 0 Å². The van der Waals surface area contributed by atoms with Crippen molar-refractivity contribution in [2.75, 3.05) is 39.8 Å². The van der Waals surface area contributed by atoms with Crippen LogP contribution in [0.5, 0.6) is 5.75 Å². The molecule has 5 unspecified atom stereocenters. The highest BCUT2D eigenvalue weighted by atomic mass is 16.6. The highest BCUT2D eigenvalue weighted by Gasteiger charge is 2.76. The molecule has 3 saturated heterocycles. The molecule has 1 aromatic rings. The number of fused-ring (bicyclic) bond motifs is 1. The number of carbonyl (C=O) groups excluding carboxylic acids is 2. The number of amides is 2. The summed E-state index contributed by atoms with van der Waals surface area (Å²) < 4.78 is 11.4. The van der Waals surface area contributed by atoms with Crippen molar-refractivity contribution in [2.45, 2.75) is 102 Å². The van der Waals surface area contributed by atoms with E-state index in [2.05, 4.69) is 28.0 Å². The summed E-state index contributed by atoms with van der Waals surface area (Å²) in [6, 6.07) is 7.93. The Labute approximate surface area is 251 Å². The topological polar surface area (TPSA) is 62.3 Å². The monoisotopic (exact) mass is 575 g/mol. The maximum atomic E-state index is 14.2. The van der Waals surface area contributed by atoms with Crippen molar-refractivity contribution < 1.29 is 19.1 Å². The molecule has 3 aliphatic heterocycles. The molecule has 42 heavy (non-hydrogen) atoms. The van der Waals surface area contributed by atoms with Gasteiger partial charge >= 0.3 is 6.09 Å². The van der Waals surface area contributed by atoms with Gasteiger partial charge in [0.25, 0.3) is 0 Å². The predicted octanol–water partition coefficient (Wildman–Crippen LogP) is 5.25. The van der Waals surface area contributed by atoms with E-state index in [1.807, 2.05) is 20.8 Å². The van der Waals surface area contributed by atoms with Crippen molar-refractivity contribution in [2.24, 2.45) is 29.1 Å². The lowest BCUT2D eigenvalue weighted by Gasteiger charge is -2.66. The number of benzene rings is 1. The van der Waals surface area contributed by atoms with Crippen LogP contribution in [-0.4, -0.2) is 84.2 Å². The third-order valence-corrected chi connectivity index (χ3v) is 12.8. The molecule has 8 rings (SSSR count). The average Bonchev–Trinajstić information content (AvgIpc) is 3.66. The number of ether oxygens (including phenoxy) is 2. The molecule has 0 N–H and O–H groups in total. The van der Waals surface area contributed by atoms with Gasteiger partial charge in [0, 0.05) is 49.6 Å². The Bertz CT molecular complexity index is 1280. The fourth-order valence-electron chi connectivity index (χ4n) is 11.2. The summed E-state index contributed by atoms with van der Waals surface area (Å²) in [6.45, 7) is 10.4. The molecule has 0 radical (unpaired) electrons. The summed E-state index contributed by atoms with van der Waals surface area (Å²) in [5.41, 5.74) is 3.10. The second-order valence-electron chi connectivity index (χ2n) is 15.9. The van der Waals surface area contributed by atoms with Crippen LogP contribution in [0, 0.1) is 29.1 Å². The second kappa shape index (κ2) is 9.36. The lowest BCUT2D eigenvalue weighted by atomic mass is 9.43. The summed E-state index contributed by atoms with van der Waals surface area (Å²) in [4.78, 5) is 34.0. The quantitative estimate of drug-likeness (QED) is 0.491. The smallest absolute Gasteiger partial charge is 0.410 e. The first-order valence-electron chi connectivity index (χ1n) is 16.8. The highest BCUT2D eigenvalue weighted by Crippen LogP contribution is 2.75. The van der Waals surface area contributed by atoms with Gasteiger partial charge in [-0.2, -0.15) is 0 Å². The molecule has 0 aromatic heterocycles. The molecule has 6 fully saturated rings. The van der Waals surface area contributed by atoms with Crippen LogP contribution in [-0.2, 0) is 21.4 Å². The fraction of sp³-hybridized carbons (Fsp3) is 0.771. The van der Waals surface area contributed by atoms with E-state index in [-0.39, 0.29) is 17.4 Å². The van der Waals surface area contributed by atoms with Crippen LogP contribution in [0.25, 0.3) is 0 Å². The summed E-state index contributed by atoms with van der Waals surface area (Å²) >= 11 is 0. The molecular formula is C35H49N3O4. The van der Waals surface area contributed by atoms with Crippen LogP contribution in [0.4, 0.5) is 4.79 Å². The molecule has 7 heteroatoms.